The van der Waals surface area contributed by atoms with Gasteiger partial charge in [-0.25, -0.2) is 17.7 Å². The van der Waals surface area contributed by atoms with Crippen LogP contribution in [0.5, 0.6) is 0 Å². The topological polar surface area (TPSA) is 102 Å². The molecule has 0 radical (unpaired) electrons. The highest BCUT2D eigenvalue weighted by molar-refractivity contribution is 7.89. The van der Waals surface area contributed by atoms with E-state index in [1.165, 1.54) is 0 Å². The predicted molar refractivity (Wildman–Crippen MR) is 92.5 cm³/mol. The highest BCUT2D eigenvalue weighted by Crippen LogP contribution is 2.27. The first-order valence-electron chi connectivity index (χ1n) is 8.47. The van der Waals surface area contributed by atoms with Crippen LogP contribution in [-0.4, -0.2) is 67.8 Å². The van der Waals surface area contributed by atoms with Crippen molar-refractivity contribution in [2.75, 3.05) is 55.8 Å². The number of nitrogen functional groups attached to an aromatic ring is 1. The molecule has 0 bridgehead atoms. The van der Waals surface area contributed by atoms with Crippen molar-refractivity contribution in [1.82, 2.24) is 14.3 Å². The average molecular weight is 355 g/mol. The van der Waals surface area contributed by atoms with Crippen LogP contribution < -0.4 is 10.6 Å². The van der Waals surface area contributed by atoms with Gasteiger partial charge in [-0.2, -0.15) is 4.98 Å². The van der Waals surface area contributed by atoms with E-state index in [-0.39, 0.29) is 11.7 Å². The molecule has 3 rings (SSSR count). The molecule has 0 aliphatic carbocycles. The van der Waals surface area contributed by atoms with Gasteiger partial charge in [-0.05, 0) is 19.8 Å². The summed E-state index contributed by atoms with van der Waals surface area (Å²) >= 11 is 0. The largest absolute Gasteiger partial charge is 0.380 e. The van der Waals surface area contributed by atoms with Gasteiger partial charge in [0.25, 0.3) is 0 Å². The first-order valence-corrected chi connectivity index (χ1v) is 10.1. The van der Waals surface area contributed by atoms with E-state index in [1.54, 1.807) is 11.2 Å². The molecule has 2 aliphatic rings. The molecule has 0 atom stereocenters. The standard InChI is InChI=1S/C15H25N5O3S/c1-2-24(21,22)20-7-4-12-13(5-8-20)17-15(16)18-14(12)19-6-3-10-23-11-9-19/h2-11H2,1H3,(H2,16,17,18). The Balaban J connectivity index is 1.91. The highest BCUT2D eigenvalue weighted by Gasteiger charge is 2.27. The molecular weight excluding hydrogens is 330 g/mol. The monoisotopic (exact) mass is 355 g/mol. The van der Waals surface area contributed by atoms with Crippen molar-refractivity contribution >= 4 is 21.8 Å². The maximum absolute atomic E-state index is 12.2. The summed E-state index contributed by atoms with van der Waals surface area (Å²) in [5, 5.41) is 0. The van der Waals surface area contributed by atoms with Gasteiger partial charge in [-0.15, -0.1) is 0 Å². The number of nitrogens with zero attached hydrogens (tertiary/aromatic N) is 4. The molecule has 134 valence electrons. The van der Waals surface area contributed by atoms with E-state index >= 15 is 0 Å². The number of anilines is 2. The van der Waals surface area contributed by atoms with Crippen LogP contribution in [0, 0.1) is 0 Å². The highest BCUT2D eigenvalue weighted by atomic mass is 32.2. The van der Waals surface area contributed by atoms with Crippen LogP contribution in [0.25, 0.3) is 0 Å². The molecule has 0 saturated carbocycles. The van der Waals surface area contributed by atoms with Crippen LogP contribution >= 0.6 is 0 Å². The Hall–Kier alpha value is -1.45. The third kappa shape index (κ3) is 3.62. The lowest BCUT2D eigenvalue weighted by molar-refractivity contribution is 0.152. The Morgan fingerprint density at radius 3 is 2.71 bits per heavy atom. The lowest BCUT2D eigenvalue weighted by atomic mass is 10.1. The molecule has 2 N–H and O–H groups in total. The van der Waals surface area contributed by atoms with E-state index in [4.69, 9.17) is 10.5 Å². The summed E-state index contributed by atoms with van der Waals surface area (Å²) in [6, 6.07) is 0. The van der Waals surface area contributed by atoms with Crippen LogP contribution in [0.3, 0.4) is 0 Å². The van der Waals surface area contributed by atoms with Crippen molar-refractivity contribution in [1.29, 1.82) is 0 Å². The van der Waals surface area contributed by atoms with Gasteiger partial charge in [-0.3, -0.25) is 0 Å². The van der Waals surface area contributed by atoms with Gasteiger partial charge in [0.1, 0.15) is 5.82 Å². The van der Waals surface area contributed by atoms with Gasteiger partial charge in [0, 0.05) is 44.8 Å². The molecule has 1 aromatic rings. The van der Waals surface area contributed by atoms with Crippen molar-refractivity contribution in [3.63, 3.8) is 0 Å². The molecule has 2 aliphatic heterocycles. The van der Waals surface area contributed by atoms with E-state index < -0.39 is 10.0 Å². The fourth-order valence-electron chi connectivity index (χ4n) is 3.26. The zero-order valence-corrected chi connectivity index (χ0v) is 14.9. The molecule has 3 heterocycles. The molecule has 1 saturated heterocycles. The first-order chi connectivity index (χ1) is 11.5. The minimum absolute atomic E-state index is 0.119. The Labute approximate surface area is 143 Å². The molecule has 9 heteroatoms. The third-order valence-electron chi connectivity index (χ3n) is 4.58. The van der Waals surface area contributed by atoms with Gasteiger partial charge in [0.2, 0.25) is 16.0 Å². The minimum atomic E-state index is -3.20. The van der Waals surface area contributed by atoms with E-state index in [0.29, 0.717) is 32.5 Å². The van der Waals surface area contributed by atoms with E-state index in [2.05, 4.69) is 14.9 Å². The SMILES string of the molecule is CCS(=O)(=O)N1CCc2nc(N)nc(N3CCCOCC3)c2CC1. The van der Waals surface area contributed by atoms with Gasteiger partial charge in [-0.1, -0.05) is 0 Å². The number of rotatable bonds is 3. The Kier molecular flexibility index (Phi) is 5.21. The van der Waals surface area contributed by atoms with Crippen LogP contribution in [0.15, 0.2) is 0 Å². The van der Waals surface area contributed by atoms with Crippen molar-refractivity contribution < 1.29 is 13.2 Å². The second-order valence-electron chi connectivity index (χ2n) is 6.08. The lowest BCUT2D eigenvalue weighted by Gasteiger charge is -2.24. The van der Waals surface area contributed by atoms with Crippen molar-refractivity contribution in [2.24, 2.45) is 0 Å². The van der Waals surface area contributed by atoms with E-state index in [9.17, 15) is 8.42 Å². The summed E-state index contributed by atoms with van der Waals surface area (Å²) in [5.74, 6) is 1.22. The maximum Gasteiger partial charge on any atom is 0.222 e. The molecule has 0 aromatic carbocycles. The number of ether oxygens (including phenoxy) is 1. The fourth-order valence-corrected chi connectivity index (χ4v) is 4.36. The minimum Gasteiger partial charge on any atom is -0.380 e. The number of aromatic nitrogens is 2. The lowest BCUT2D eigenvalue weighted by Crippen LogP contribution is -2.34. The second kappa shape index (κ2) is 7.20. The smallest absolute Gasteiger partial charge is 0.222 e. The molecular formula is C15H25N5O3S. The molecule has 0 unspecified atom stereocenters. The van der Waals surface area contributed by atoms with E-state index in [1.807, 2.05) is 0 Å². The number of fused-ring (bicyclic) bond motifs is 1. The summed E-state index contributed by atoms with van der Waals surface area (Å²) in [7, 11) is -3.20. The zero-order chi connectivity index (χ0) is 17.2. The predicted octanol–water partition coefficient (Wildman–Crippen LogP) is 0.0358. The van der Waals surface area contributed by atoms with Crippen LogP contribution in [-0.2, 0) is 27.6 Å². The van der Waals surface area contributed by atoms with Gasteiger partial charge in [0.05, 0.1) is 18.1 Å². The van der Waals surface area contributed by atoms with Crippen molar-refractivity contribution in [2.45, 2.75) is 26.2 Å². The summed E-state index contributed by atoms with van der Waals surface area (Å²) in [5.41, 5.74) is 7.81. The average Bonchev–Trinajstić information content (AvgIpc) is 2.95. The maximum atomic E-state index is 12.2. The third-order valence-corrected chi connectivity index (χ3v) is 6.46. The normalized spacial score (nSPS) is 20.3. The summed E-state index contributed by atoms with van der Waals surface area (Å²) in [6.45, 7) is 5.63. The molecule has 0 spiro atoms. The molecule has 1 fully saturated rings. The molecule has 8 nitrogen and oxygen atoms in total. The first kappa shape index (κ1) is 17.4. The van der Waals surface area contributed by atoms with E-state index in [0.717, 1.165) is 43.2 Å². The Bertz CT molecular complexity index is 687. The Morgan fingerprint density at radius 1 is 1.12 bits per heavy atom. The quantitative estimate of drug-likeness (QED) is 0.816. The number of nitrogens with two attached hydrogens (primary N) is 1. The van der Waals surface area contributed by atoms with Crippen LogP contribution in [0.1, 0.15) is 24.6 Å². The molecule has 24 heavy (non-hydrogen) atoms. The Morgan fingerprint density at radius 2 is 1.92 bits per heavy atom. The number of hydrogen-bond acceptors (Lipinski definition) is 7. The fraction of sp³-hybridized carbons (Fsp3) is 0.733. The second-order valence-corrected chi connectivity index (χ2v) is 8.34. The number of hydrogen-bond donors (Lipinski definition) is 1. The van der Waals surface area contributed by atoms with Gasteiger partial charge >= 0.3 is 0 Å². The molecule has 0 amide bonds. The molecule has 1 aromatic heterocycles. The van der Waals surface area contributed by atoms with Crippen LogP contribution in [0.2, 0.25) is 0 Å². The summed E-state index contributed by atoms with van der Waals surface area (Å²) < 4.78 is 31.5. The van der Waals surface area contributed by atoms with Gasteiger partial charge < -0.3 is 15.4 Å². The zero-order valence-electron chi connectivity index (χ0n) is 14.1. The van der Waals surface area contributed by atoms with Gasteiger partial charge in [0.15, 0.2) is 0 Å². The van der Waals surface area contributed by atoms with Crippen molar-refractivity contribution in [3.05, 3.63) is 11.3 Å². The van der Waals surface area contributed by atoms with Crippen LogP contribution in [0.4, 0.5) is 11.8 Å². The summed E-state index contributed by atoms with van der Waals surface area (Å²) in [6.07, 6.45) is 2.12. The van der Waals surface area contributed by atoms with Crippen molar-refractivity contribution in [3.8, 4) is 0 Å². The summed E-state index contributed by atoms with van der Waals surface area (Å²) in [4.78, 5) is 11.0. The number of sulfonamides is 1.